The molecule has 1 fully saturated rings. The Kier molecular flexibility index (Phi) is 7.04. The van der Waals surface area contributed by atoms with Gasteiger partial charge in [-0.1, -0.05) is 6.92 Å². The van der Waals surface area contributed by atoms with E-state index in [2.05, 4.69) is 12.2 Å². The van der Waals surface area contributed by atoms with Crippen LogP contribution < -0.4 is 5.32 Å². The van der Waals surface area contributed by atoms with E-state index >= 15 is 0 Å². The van der Waals surface area contributed by atoms with Crippen LogP contribution in [-0.4, -0.2) is 49.7 Å². The molecule has 0 radical (unpaired) electrons. The lowest BCUT2D eigenvalue weighted by Gasteiger charge is -2.28. The van der Waals surface area contributed by atoms with E-state index in [9.17, 15) is 5.11 Å². The predicted molar refractivity (Wildman–Crippen MR) is 68.2 cm³/mol. The summed E-state index contributed by atoms with van der Waals surface area (Å²) in [5.74, 6) is 0. The molecule has 1 aliphatic heterocycles. The molecule has 2 N–H and O–H groups in total. The monoisotopic (exact) mass is 245 g/mol. The predicted octanol–water partition coefficient (Wildman–Crippen LogP) is 1.32. The van der Waals surface area contributed by atoms with E-state index in [4.69, 9.17) is 9.47 Å². The number of rotatable bonds is 9. The van der Waals surface area contributed by atoms with Crippen molar-refractivity contribution < 1.29 is 14.6 Å². The molecule has 0 amide bonds. The molecular weight excluding hydrogens is 218 g/mol. The third-order valence-corrected chi connectivity index (χ3v) is 3.28. The van der Waals surface area contributed by atoms with Gasteiger partial charge in [-0.25, -0.2) is 0 Å². The Morgan fingerprint density at radius 1 is 1.53 bits per heavy atom. The second-order valence-electron chi connectivity index (χ2n) is 5.11. The van der Waals surface area contributed by atoms with Crippen molar-refractivity contribution in [3.63, 3.8) is 0 Å². The van der Waals surface area contributed by atoms with E-state index < -0.39 is 0 Å². The average Bonchev–Trinajstić information content (AvgIpc) is 2.85. The lowest BCUT2D eigenvalue weighted by Crippen LogP contribution is -2.47. The minimum absolute atomic E-state index is 0.149. The van der Waals surface area contributed by atoms with Crippen LogP contribution in [0.3, 0.4) is 0 Å². The van der Waals surface area contributed by atoms with Crippen molar-refractivity contribution in [2.45, 2.75) is 51.2 Å². The fourth-order valence-electron chi connectivity index (χ4n) is 1.94. The van der Waals surface area contributed by atoms with Crippen LogP contribution in [-0.2, 0) is 9.47 Å². The smallest absolute Gasteiger partial charge is 0.0809 e. The number of nitrogens with one attached hydrogen (secondary N) is 1. The van der Waals surface area contributed by atoms with Crippen LogP contribution in [0.4, 0.5) is 0 Å². The fourth-order valence-corrected chi connectivity index (χ4v) is 1.94. The van der Waals surface area contributed by atoms with Crippen molar-refractivity contribution in [1.82, 2.24) is 5.32 Å². The maximum absolute atomic E-state index is 9.38. The zero-order valence-corrected chi connectivity index (χ0v) is 11.2. The Hall–Kier alpha value is -0.160. The third kappa shape index (κ3) is 5.82. The van der Waals surface area contributed by atoms with Gasteiger partial charge in [-0.15, -0.1) is 0 Å². The molecule has 102 valence electrons. The van der Waals surface area contributed by atoms with Crippen LogP contribution in [0.1, 0.15) is 39.5 Å². The Labute approximate surface area is 105 Å². The number of aliphatic hydroxyl groups excluding tert-OH is 1. The number of hydrogen-bond acceptors (Lipinski definition) is 4. The highest BCUT2D eigenvalue weighted by Gasteiger charge is 2.22. The van der Waals surface area contributed by atoms with E-state index in [1.54, 1.807) is 0 Å². The number of hydrogen-bond donors (Lipinski definition) is 2. The molecule has 1 saturated heterocycles. The van der Waals surface area contributed by atoms with Gasteiger partial charge in [-0.3, -0.25) is 0 Å². The maximum Gasteiger partial charge on any atom is 0.0809 e. The summed E-state index contributed by atoms with van der Waals surface area (Å²) >= 11 is 0. The van der Waals surface area contributed by atoms with Crippen molar-refractivity contribution in [2.24, 2.45) is 0 Å². The van der Waals surface area contributed by atoms with Gasteiger partial charge < -0.3 is 19.9 Å². The molecule has 1 aliphatic rings. The van der Waals surface area contributed by atoms with Gasteiger partial charge in [0.05, 0.1) is 19.3 Å². The molecule has 1 rings (SSSR count). The van der Waals surface area contributed by atoms with Crippen LogP contribution >= 0.6 is 0 Å². The van der Waals surface area contributed by atoms with Crippen molar-refractivity contribution in [1.29, 1.82) is 0 Å². The standard InChI is InChI=1S/C13H27NO3/c1-3-7-14-13(2,11-15)6-9-16-10-12-5-4-8-17-12/h12,14-15H,3-11H2,1-2H3. The summed E-state index contributed by atoms with van der Waals surface area (Å²) in [5.41, 5.74) is -0.216. The van der Waals surface area contributed by atoms with E-state index in [1.165, 1.54) is 0 Å². The van der Waals surface area contributed by atoms with Gasteiger partial charge in [0.1, 0.15) is 0 Å². The van der Waals surface area contributed by atoms with Gasteiger partial charge in [-0.2, -0.15) is 0 Å². The van der Waals surface area contributed by atoms with Crippen molar-refractivity contribution in [3.8, 4) is 0 Å². The third-order valence-electron chi connectivity index (χ3n) is 3.28. The van der Waals surface area contributed by atoms with E-state index in [-0.39, 0.29) is 12.1 Å². The summed E-state index contributed by atoms with van der Waals surface area (Å²) in [7, 11) is 0. The summed E-state index contributed by atoms with van der Waals surface area (Å²) in [4.78, 5) is 0. The molecule has 0 bridgehead atoms. The molecule has 0 aromatic rings. The molecule has 0 aromatic carbocycles. The van der Waals surface area contributed by atoms with Gasteiger partial charge >= 0.3 is 0 Å². The van der Waals surface area contributed by atoms with Crippen LogP contribution in [0, 0.1) is 0 Å². The van der Waals surface area contributed by atoms with Crippen LogP contribution in [0.2, 0.25) is 0 Å². The molecule has 0 spiro atoms. The quantitative estimate of drug-likeness (QED) is 0.602. The molecule has 0 aliphatic carbocycles. The van der Waals surface area contributed by atoms with E-state index in [1.807, 2.05) is 6.92 Å². The highest BCUT2D eigenvalue weighted by Crippen LogP contribution is 2.13. The average molecular weight is 245 g/mol. The first kappa shape index (κ1) is 14.9. The SMILES string of the molecule is CCCNC(C)(CO)CCOCC1CCCO1. The second-order valence-corrected chi connectivity index (χ2v) is 5.11. The summed E-state index contributed by atoms with van der Waals surface area (Å²) < 4.78 is 11.1. The van der Waals surface area contributed by atoms with Crippen molar-refractivity contribution in [2.75, 3.05) is 33.0 Å². The summed E-state index contributed by atoms with van der Waals surface area (Å²) in [6.45, 7) is 7.49. The molecule has 4 heteroatoms. The lowest BCUT2D eigenvalue weighted by atomic mass is 9.99. The van der Waals surface area contributed by atoms with Gasteiger partial charge in [-0.05, 0) is 39.2 Å². The minimum atomic E-state index is -0.216. The van der Waals surface area contributed by atoms with Crippen LogP contribution in [0.15, 0.2) is 0 Å². The Morgan fingerprint density at radius 2 is 2.35 bits per heavy atom. The van der Waals surface area contributed by atoms with E-state index in [0.29, 0.717) is 19.3 Å². The summed E-state index contributed by atoms with van der Waals surface area (Å²) in [6, 6.07) is 0. The molecule has 0 saturated carbocycles. The summed E-state index contributed by atoms with van der Waals surface area (Å²) in [6.07, 6.45) is 4.47. The highest BCUT2D eigenvalue weighted by atomic mass is 16.5. The molecule has 2 unspecified atom stereocenters. The second kappa shape index (κ2) is 8.03. The van der Waals surface area contributed by atoms with Gasteiger partial charge in [0, 0.05) is 18.8 Å². The van der Waals surface area contributed by atoms with Crippen LogP contribution in [0.5, 0.6) is 0 Å². The van der Waals surface area contributed by atoms with Gasteiger partial charge in [0.2, 0.25) is 0 Å². The Bertz CT molecular complexity index is 195. The first-order valence-electron chi connectivity index (χ1n) is 6.75. The Balaban J connectivity index is 2.09. The Morgan fingerprint density at radius 3 is 2.94 bits per heavy atom. The number of ether oxygens (including phenoxy) is 2. The zero-order chi connectivity index (χ0) is 12.6. The molecule has 2 atom stereocenters. The fraction of sp³-hybridized carbons (Fsp3) is 1.00. The maximum atomic E-state index is 9.38. The molecule has 1 heterocycles. The molecule has 0 aromatic heterocycles. The molecule has 17 heavy (non-hydrogen) atoms. The zero-order valence-electron chi connectivity index (χ0n) is 11.2. The normalized spacial score (nSPS) is 23.8. The van der Waals surface area contributed by atoms with Crippen molar-refractivity contribution >= 4 is 0 Å². The largest absolute Gasteiger partial charge is 0.394 e. The molecule has 4 nitrogen and oxygen atoms in total. The van der Waals surface area contributed by atoms with Gasteiger partial charge in [0.15, 0.2) is 0 Å². The molecular formula is C13H27NO3. The van der Waals surface area contributed by atoms with Gasteiger partial charge in [0.25, 0.3) is 0 Å². The highest BCUT2D eigenvalue weighted by molar-refractivity contribution is 4.81. The lowest BCUT2D eigenvalue weighted by molar-refractivity contribution is 0.00757. The number of aliphatic hydroxyl groups is 1. The van der Waals surface area contributed by atoms with Crippen LogP contribution in [0.25, 0.3) is 0 Å². The van der Waals surface area contributed by atoms with Crippen molar-refractivity contribution in [3.05, 3.63) is 0 Å². The topological polar surface area (TPSA) is 50.7 Å². The van der Waals surface area contributed by atoms with E-state index in [0.717, 1.165) is 38.8 Å². The minimum Gasteiger partial charge on any atom is -0.394 e. The summed E-state index contributed by atoms with van der Waals surface area (Å²) in [5, 5.41) is 12.7. The first-order valence-corrected chi connectivity index (χ1v) is 6.75. The first-order chi connectivity index (χ1) is 8.20.